The molecule has 1 aromatic carbocycles. The van der Waals surface area contributed by atoms with Gasteiger partial charge in [-0.3, -0.25) is 4.55 Å². The Morgan fingerprint density at radius 2 is 1.74 bits per heavy atom. The van der Waals surface area contributed by atoms with Crippen LogP contribution in [0.3, 0.4) is 0 Å². The Hall–Kier alpha value is -0.580. The van der Waals surface area contributed by atoms with E-state index in [0.29, 0.717) is 6.42 Å². The lowest BCUT2D eigenvalue weighted by atomic mass is 9.81. The van der Waals surface area contributed by atoms with Crippen LogP contribution in [-0.4, -0.2) is 18.7 Å². The van der Waals surface area contributed by atoms with Crippen LogP contribution >= 0.6 is 11.6 Å². The number of rotatable bonds is 7. The van der Waals surface area contributed by atoms with Gasteiger partial charge < -0.3 is 0 Å². The maximum Gasteiger partial charge on any atom is 0.264 e. The molecule has 0 unspecified atom stereocenters. The Labute approximate surface area is 120 Å². The van der Waals surface area contributed by atoms with Crippen molar-refractivity contribution >= 4 is 21.7 Å². The fourth-order valence-corrected chi connectivity index (χ4v) is 2.83. The van der Waals surface area contributed by atoms with E-state index in [-0.39, 0.29) is 11.2 Å². The standard InChI is InChI=1S/C14H21ClO3S/c1-14(2,9-3-4-10-19(16,17)18)11-12-5-7-13(15)8-6-12/h5-8H,3-4,9-11H2,1-2H3,(H,16,17,18). The summed E-state index contributed by atoms with van der Waals surface area (Å²) in [6.45, 7) is 4.32. The maximum absolute atomic E-state index is 10.6. The average Bonchev–Trinajstić information content (AvgIpc) is 2.26. The predicted octanol–water partition coefficient (Wildman–Crippen LogP) is 3.97. The first-order valence-corrected chi connectivity index (χ1v) is 8.36. The molecule has 0 amide bonds. The van der Waals surface area contributed by atoms with Gasteiger partial charge in [-0.25, -0.2) is 0 Å². The summed E-state index contributed by atoms with van der Waals surface area (Å²) in [6.07, 6.45) is 3.14. The van der Waals surface area contributed by atoms with Gasteiger partial charge >= 0.3 is 0 Å². The molecule has 1 aromatic rings. The minimum atomic E-state index is -3.82. The third kappa shape index (κ3) is 7.55. The van der Waals surface area contributed by atoms with Crippen molar-refractivity contribution in [2.24, 2.45) is 5.41 Å². The van der Waals surface area contributed by atoms with E-state index in [0.717, 1.165) is 24.3 Å². The second-order valence-electron chi connectivity index (χ2n) is 5.71. The highest BCUT2D eigenvalue weighted by Gasteiger charge is 2.18. The smallest absolute Gasteiger partial charge is 0.264 e. The van der Waals surface area contributed by atoms with E-state index in [4.69, 9.17) is 16.2 Å². The first-order valence-electron chi connectivity index (χ1n) is 6.38. The van der Waals surface area contributed by atoms with E-state index >= 15 is 0 Å². The third-order valence-electron chi connectivity index (χ3n) is 3.10. The molecule has 0 bridgehead atoms. The summed E-state index contributed by atoms with van der Waals surface area (Å²) in [7, 11) is -3.82. The summed E-state index contributed by atoms with van der Waals surface area (Å²) < 4.78 is 29.9. The Balaban J connectivity index is 2.41. The fraction of sp³-hybridized carbons (Fsp3) is 0.571. The van der Waals surface area contributed by atoms with Crippen LogP contribution in [0.2, 0.25) is 5.02 Å². The zero-order chi connectivity index (χ0) is 14.5. The molecule has 0 fully saturated rings. The maximum atomic E-state index is 10.6. The van der Waals surface area contributed by atoms with Gasteiger partial charge in [-0.2, -0.15) is 8.42 Å². The summed E-state index contributed by atoms with van der Waals surface area (Å²) in [6, 6.07) is 7.79. The summed E-state index contributed by atoms with van der Waals surface area (Å²) >= 11 is 5.85. The molecule has 0 aromatic heterocycles. The minimum absolute atomic E-state index is 0.104. The average molecular weight is 305 g/mol. The van der Waals surface area contributed by atoms with E-state index in [9.17, 15) is 8.42 Å². The molecule has 1 N–H and O–H groups in total. The zero-order valence-electron chi connectivity index (χ0n) is 11.4. The van der Waals surface area contributed by atoms with Gasteiger partial charge in [0.2, 0.25) is 0 Å². The molecule has 0 aliphatic rings. The molecule has 0 aliphatic heterocycles. The second-order valence-corrected chi connectivity index (χ2v) is 7.72. The van der Waals surface area contributed by atoms with Crippen molar-refractivity contribution in [1.82, 2.24) is 0 Å². The van der Waals surface area contributed by atoms with Gasteiger partial charge in [-0.05, 0) is 42.4 Å². The monoisotopic (exact) mass is 304 g/mol. The molecule has 5 heteroatoms. The van der Waals surface area contributed by atoms with Crippen molar-refractivity contribution < 1.29 is 13.0 Å². The van der Waals surface area contributed by atoms with Crippen LogP contribution in [0.1, 0.15) is 38.7 Å². The summed E-state index contributed by atoms with van der Waals surface area (Å²) in [5.74, 6) is -0.149. The lowest BCUT2D eigenvalue weighted by Crippen LogP contribution is -2.15. The second kappa shape index (κ2) is 6.73. The highest BCUT2D eigenvalue weighted by molar-refractivity contribution is 7.85. The minimum Gasteiger partial charge on any atom is -0.286 e. The quantitative estimate of drug-likeness (QED) is 0.612. The third-order valence-corrected chi connectivity index (χ3v) is 4.16. The van der Waals surface area contributed by atoms with Gasteiger partial charge in [-0.1, -0.05) is 44.0 Å². The van der Waals surface area contributed by atoms with Crippen molar-refractivity contribution in [3.63, 3.8) is 0 Å². The molecule has 0 spiro atoms. The van der Waals surface area contributed by atoms with Crippen LogP contribution in [0.4, 0.5) is 0 Å². The summed E-state index contributed by atoms with van der Waals surface area (Å²) in [5, 5.41) is 0.731. The van der Waals surface area contributed by atoms with Gasteiger partial charge in [0.1, 0.15) is 0 Å². The van der Waals surface area contributed by atoms with E-state index < -0.39 is 10.1 Å². The summed E-state index contributed by atoms with van der Waals surface area (Å²) in [4.78, 5) is 0. The molecule has 19 heavy (non-hydrogen) atoms. The zero-order valence-corrected chi connectivity index (χ0v) is 13.0. The van der Waals surface area contributed by atoms with Crippen LogP contribution in [-0.2, 0) is 16.5 Å². The molecule has 0 heterocycles. The van der Waals surface area contributed by atoms with Crippen LogP contribution in [0, 0.1) is 5.41 Å². The first-order chi connectivity index (χ1) is 8.68. The van der Waals surface area contributed by atoms with Gasteiger partial charge in [0.15, 0.2) is 0 Å². The van der Waals surface area contributed by atoms with E-state index in [2.05, 4.69) is 13.8 Å². The normalized spacial score (nSPS) is 12.6. The van der Waals surface area contributed by atoms with Crippen LogP contribution in [0.15, 0.2) is 24.3 Å². The molecule has 3 nitrogen and oxygen atoms in total. The van der Waals surface area contributed by atoms with E-state index in [1.165, 1.54) is 5.56 Å². The van der Waals surface area contributed by atoms with Gasteiger partial charge in [0.05, 0.1) is 5.75 Å². The predicted molar refractivity (Wildman–Crippen MR) is 79.2 cm³/mol. The van der Waals surface area contributed by atoms with Crippen molar-refractivity contribution in [1.29, 1.82) is 0 Å². The van der Waals surface area contributed by atoms with Gasteiger partial charge in [0.25, 0.3) is 10.1 Å². The molecule has 0 saturated heterocycles. The highest BCUT2D eigenvalue weighted by atomic mass is 35.5. The lowest BCUT2D eigenvalue weighted by Gasteiger charge is -2.24. The molecular weight excluding hydrogens is 284 g/mol. The van der Waals surface area contributed by atoms with Crippen molar-refractivity contribution in [2.75, 3.05) is 5.75 Å². The molecule has 0 atom stereocenters. The van der Waals surface area contributed by atoms with Crippen LogP contribution in [0.25, 0.3) is 0 Å². The summed E-state index contributed by atoms with van der Waals surface area (Å²) in [5.41, 5.74) is 1.33. The molecule has 0 aliphatic carbocycles. The lowest BCUT2D eigenvalue weighted by molar-refractivity contribution is 0.321. The molecule has 0 saturated carbocycles. The van der Waals surface area contributed by atoms with Crippen molar-refractivity contribution in [2.45, 2.75) is 39.5 Å². The molecule has 108 valence electrons. The Morgan fingerprint density at radius 1 is 1.16 bits per heavy atom. The largest absolute Gasteiger partial charge is 0.286 e. The number of hydrogen-bond acceptors (Lipinski definition) is 2. The molecular formula is C14H21ClO3S. The van der Waals surface area contributed by atoms with Crippen molar-refractivity contribution in [3.05, 3.63) is 34.9 Å². The Kier molecular flexibility index (Phi) is 5.83. The number of unbranched alkanes of at least 4 members (excludes halogenated alkanes) is 1. The highest BCUT2D eigenvalue weighted by Crippen LogP contribution is 2.28. The number of benzene rings is 1. The number of hydrogen-bond donors (Lipinski definition) is 1. The van der Waals surface area contributed by atoms with Crippen LogP contribution in [0.5, 0.6) is 0 Å². The first kappa shape index (κ1) is 16.5. The molecule has 0 radical (unpaired) electrons. The Bertz CT molecular complexity index is 492. The van der Waals surface area contributed by atoms with Crippen molar-refractivity contribution in [3.8, 4) is 0 Å². The number of halogens is 1. The van der Waals surface area contributed by atoms with E-state index in [1.54, 1.807) is 0 Å². The fourth-order valence-electron chi connectivity index (χ4n) is 2.13. The topological polar surface area (TPSA) is 54.4 Å². The van der Waals surface area contributed by atoms with Gasteiger partial charge in [0, 0.05) is 5.02 Å². The van der Waals surface area contributed by atoms with Crippen LogP contribution < -0.4 is 0 Å². The van der Waals surface area contributed by atoms with Gasteiger partial charge in [-0.15, -0.1) is 0 Å². The molecule has 1 rings (SSSR count). The van der Waals surface area contributed by atoms with E-state index in [1.807, 2.05) is 24.3 Å². The SMILES string of the molecule is CC(C)(CCCCS(=O)(=O)O)Cc1ccc(Cl)cc1. The Morgan fingerprint density at radius 3 is 2.26 bits per heavy atom.